The van der Waals surface area contributed by atoms with Crippen molar-refractivity contribution in [2.75, 3.05) is 0 Å². The molecule has 0 amide bonds. The molecule has 1 N–H and O–H groups in total. The van der Waals surface area contributed by atoms with E-state index in [1.54, 1.807) is 30.3 Å². The van der Waals surface area contributed by atoms with Gasteiger partial charge in [0.1, 0.15) is 5.75 Å². The van der Waals surface area contributed by atoms with Crippen LogP contribution in [0, 0.1) is 0 Å². The third-order valence-corrected chi connectivity index (χ3v) is 2.96. The van der Waals surface area contributed by atoms with E-state index in [1.807, 2.05) is 0 Å². The fourth-order valence-electron chi connectivity index (χ4n) is 2.05. The van der Waals surface area contributed by atoms with Crippen molar-refractivity contribution in [3.8, 4) is 16.9 Å². The lowest BCUT2D eigenvalue weighted by Gasteiger charge is -2.13. The quantitative estimate of drug-likeness (QED) is 0.799. The lowest BCUT2D eigenvalue weighted by Crippen LogP contribution is -2.18. The SMILES string of the molecule is CC(F)(F)Oc1ccc(-c2ccc3o[nH]c(=O)c3c2)cc1. The van der Waals surface area contributed by atoms with Crippen LogP contribution in [0.4, 0.5) is 8.78 Å². The number of H-pyrrole nitrogens is 1. The van der Waals surface area contributed by atoms with Crippen LogP contribution in [-0.4, -0.2) is 11.3 Å². The number of alkyl halides is 2. The molecule has 0 bridgehead atoms. The lowest BCUT2D eigenvalue weighted by atomic mass is 10.0. The Morgan fingerprint density at radius 3 is 2.43 bits per heavy atom. The molecule has 0 fully saturated rings. The number of hydrogen-bond donors (Lipinski definition) is 1. The van der Waals surface area contributed by atoms with Crippen LogP contribution in [0.2, 0.25) is 0 Å². The molecule has 2 aromatic carbocycles. The maximum Gasteiger partial charge on any atom is 0.394 e. The number of rotatable bonds is 3. The number of aromatic nitrogens is 1. The van der Waals surface area contributed by atoms with Gasteiger partial charge in [0, 0.05) is 6.92 Å². The number of benzene rings is 2. The van der Waals surface area contributed by atoms with E-state index in [0.29, 0.717) is 17.9 Å². The summed E-state index contributed by atoms with van der Waals surface area (Å²) in [6.45, 7) is 0.681. The Labute approximate surface area is 117 Å². The second-order valence-electron chi connectivity index (χ2n) is 4.68. The van der Waals surface area contributed by atoms with Gasteiger partial charge >= 0.3 is 6.11 Å². The minimum Gasteiger partial charge on any atom is -0.433 e. The number of fused-ring (bicyclic) bond motifs is 1. The van der Waals surface area contributed by atoms with Gasteiger partial charge in [-0.2, -0.15) is 13.9 Å². The Bertz CT molecular complexity index is 828. The van der Waals surface area contributed by atoms with E-state index in [4.69, 9.17) is 4.52 Å². The first-order chi connectivity index (χ1) is 9.92. The van der Waals surface area contributed by atoms with E-state index in [-0.39, 0.29) is 11.3 Å². The Morgan fingerprint density at radius 2 is 1.76 bits per heavy atom. The first-order valence-corrected chi connectivity index (χ1v) is 6.21. The molecule has 4 nitrogen and oxygen atoms in total. The predicted octanol–water partition coefficient (Wildman–Crippen LogP) is 3.78. The summed E-state index contributed by atoms with van der Waals surface area (Å²) in [6, 6.07) is 11.3. The Kier molecular flexibility index (Phi) is 3.01. The third kappa shape index (κ3) is 2.79. The van der Waals surface area contributed by atoms with E-state index in [2.05, 4.69) is 9.89 Å². The van der Waals surface area contributed by atoms with E-state index in [9.17, 15) is 13.6 Å². The standard InChI is InChI=1S/C15H11F2NO3/c1-15(16,17)20-11-5-2-9(3-6-11)10-4-7-13-12(8-10)14(19)18-21-13/h2-8H,1H3,(H,18,19). The molecule has 0 aliphatic rings. The van der Waals surface area contributed by atoms with Crippen LogP contribution in [0.5, 0.6) is 5.75 Å². The smallest absolute Gasteiger partial charge is 0.394 e. The average molecular weight is 291 g/mol. The van der Waals surface area contributed by atoms with Crippen LogP contribution in [0.25, 0.3) is 22.1 Å². The Hall–Kier alpha value is -2.63. The highest BCUT2D eigenvalue weighted by atomic mass is 19.3. The predicted molar refractivity (Wildman–Crippen MR) is 73.5 cm³/mol. The molecule has 108 valence electrons. The molecule has 6 heteroatoms. The molecule has 0 saturated heterocycles. The lowest BCUT2D eigenvalue weighted by molar-refractivity contribution is -0.158. The van der Waals surface area contributed by atoms with Crippen molar-refractivity contribution in [1.29, 1.82) is 0 Å². The van der Waals surface area contributed by atoms with Gasteiger partial charge in [-0.3, -0.25) is 4.79 Å². The summed E-state index contributed by atoms with van der Waals surface area (Å²) in [5, 5.41) is 2.69. The second kappa shape index (κ2) is 4.73. The molecular formula is C15H11F2NO3. The minimum absolute atomic E-state index is 0.0773. The summed E-state index contributed by atoms with van der Waals surface area (Å²) >= 11 is 0. The molecule has 0 unspecified atom stereocenters. The van der Waals surface area contributed by atoms with Gasteiger partial charge in [0.05, 0.1) is 5.39 Å². The molecule has 0 atom stereocenters. The van der Waals surface area contributed by atoms with Crippen molar-refractivity contribution in [2.45, 2.75) is 13.0 Å². The summed E-state index contributed by atoms with van der Waals surface area (Å²) in [5.74, 6) is 0.0773. The van der Waals surface area contributed by atoms with Gasteiger partial charge < -0.3 is 9.26 Å². The Morgan fingerprint density at radius 1 is 1.10 bits per heavy atom. The first-order valence-electron chi connectivity index (χ1n) is 6.21. The Balaban J connectivity index is 1.95. The molecule has 1 aromatic heterocycles. The van der Waals surface area contributed by atoms with Crippen molar-refractivity contribution in [3.05, 3.63) is 52.8 Å². The molecule has 3 rings (SSSR count). The van der Waals surface area contributed by atoms with Crippen molar-refractivity contribution in [2.24, 2.45) is 0 Å². The zero-order valence-corrected chi connectivity index (χ0v) is 11.0. The van der Waals surface area contributed by atoms with Gasteiger partial charge in [0.15, 0.2) is 5.58 Å². The monoisotopic (exact) mass is 291 g/mol. The molecule has 3 aromatic rings. The van der Waals surface area contributed by atoms with E-state index < -0.39 is 6.11 Å². The van der Waals surface area contributed by atoms with Crippen LogP contribution in [0.3, 0.4) is 0 Å². The number of ether oxygens (including phenoxy) is 1. The molecule has 0 aliphatic carbocycles. The van der Waals surface area contributed by atoms with Crippen LogP contribution in [-0.2, 0) is 0 Å². The van der Waals surface area contributed by atoms with Crippen LogP contribution >= 0.6 is 0 Å². The number of aromatic amines is 1. The normalized spacial score (nSPS) is 11.8. The summed E-state index contributed by atoms with van der Waals surface area (Å²) in [7, 11) is 0. The number of nitrogens with one attached hydrogen (secondary N) is 1. The van der Waals surface area contributed by atoms with E-state index >= 15 is 0 Å². The topological polar surface area (TPSA) is 55.2 Å². The van der Waals surface area contributed by atoms with Crippen molar-refractivity contribution >= 4 is 11.0 Å². The van der Waals surface area contributed by atoms with Gasteiger partial charge in [-0.05, 0) is 35.4 Å². The highest BCUT2D eigenvalue weighted by molar-refractivity contribution is 5.82. The fourth-order valence-corrected chi connectivity index (χ4v) is 2.05. The highest BCUT2D eigenvalue weighted by Gasteiger charge is 2.22. The highest BCUT2D eigenvalue weighted by Crippen LogP contribution is 2.27. The van der Waals surface area contributed by atoms with Crippen LogP contribution < -0.4 is 10.3 Å². The maximum absolute atomic E-state index is 12.7. The number of halogens is 2. The van der Waals surface area contributed by atoms with Gasteiger partial charge in [0.2, 0.25) is 0 Å². The van der Waals surface area contributed by atoms with E-state index in [0.717, 1.165) is 11.1 Å². The van der Waals surface area contributed by atoms with Gasteiger partial charge in [-0.15, -0.1) is 0 Å². The van der Waals surface area contributed by atoms with Gasteiger partial charge in [-0.25, -0.2) is 0 Å². The summed E-state index contributed by atoms with van der Waals surface area (Å²) in [5.41, 5.74) is 1.72. The largest absolute Gasteiger partial charge is 0.433 e. The number of hydrogen-bond acceptors (Lipinski definition) is 3. The second-order valence-corrected chi connectivity index (χ2v) is 4.68. The maximum atomic E-state index is 12.7. The first kappa shape index (κ1) is 13.4. The molecule has 1 heterocycles. The zero-order valence-electron chi connectivity index (χ0n) is 11.0. The minimum atomic E-state index is -3.22. The molecule has 0 spiro atoms. The van der Waals surface area contributed by atoms with Crippen molar-refractivity contribution in [1.82, 2.24) is 5.16 Å². The van der Waals surface area contributed by atoms with E-state index in [1.165, 1.54) is 12.1 Å². The van der Waals surface area contributed by atoms with Crippen molar-refractivity contribution < 1.29 is 18.0 Å². The molecule has 0 saturated carbocycles. The molecular weight excluding hydrogens is 280 g/mol. The summed E-state index contributed by atoms with van der Waals surface area (Å²) < 4.78 is 34.9. The molecule has 0 radical (unpaired) electrons. The van der Waals surface area contributed by atoms with Crippen LogP contribution in [0.1, 0.15) is 6.92 Å². The van der Waals surface area contributed by atoms with Crippen molar-refractivity contribution in [3.63, 3.8) is 0 Å². The third-order valence-electron chi connectivity index (χ3n) is 2.96. The molecule has 21 heavy (non-hydrogen) atoms. The average Bonchev–Trinajstić information content (AvgIpc) is 2.79. The zero-order chi connectivity index (χ0) is 15.0. The van der Waals surface area contributed by atoms with Gasteiger partial charge in [-0.1, -0.05) is 18.2 Å². The summed E-state index contributed by atoms with van der Waals surface area (Å²) in [6.07, 6.45) is -3.22. The fraction of sp³-hybridized carbons (Fsp3) is 0.133. The molecule has 0 aliphatic heterocycles. The van der Waals surface area contributed by atoms with Gasteiger partial charge in [0.25, 0.3) is 5.56 Å². The summed E-state index contributed by atoms with van der Waals surface area (Å²) in [4.78, 5) is 11.5. The van der Waals surface area contributed by atoms with Crippen LogP contribution in [0.15, 0.2) is 51.8 Å².